The molecular formula is C14H12N4O5. The molecule has 0 heterocycles. The van der Waals surface area contributed by atoms with Gasteiger partial charge in [0.25, 0.3) is 5.69 Å². The predicted molar refractivity (Wildman–Crippen MR) is 81.2 cm³/mol. The van der Waals surface area contributed by atoms with E-state index in [2.05, 4.69) is 10.2 Å². The second-order valence-electron chi connectivity index (χ2n) is 4.53. The second kappa shape index (κ2) is 7.18. The Kier molecular flexibility index (Phi) is 5.05. The third kappa shape index (κ3) is 4.14. The first-order chi connectivity index (χ1) is 11.0. The molecule has 0 atom stereocenters. The molecule has 2 aromatic rings. The summed E-state index contributed by atoms with van der Waals surface area (Å²) in [6.07, 6.45) is 0.519. The van der Waals surface area contributed by atoms with Gasteiger partial charge in [0.05, 0.1) is 21.6 Å². The quantitative estimate of drug-likeness (QED) is 0.495. The van der Waals surface area contributed by atoms with E-state index in [1.54, 1.807) is 24.3 Å². The Morgan fingerprint density at radius 2 is 1.65 bits per heavy atom. The summed E-state index contributed by atoms with van der Waals surface area (Å²) in [7, 11) is 0. The molecule has 0 aliphatic carbocycles. The molecule has 0 saturated carbocycles. The van der Waals surface area contributed by atoms with Crippen LogP contribution in [0.3, 0.4) is 0 Å². The zero-order valence-electron chi connectivity index (χ0n) is 11.8. The van der Waals surface area contributed by atoms with Crippen LogP contribution in [-0.4, -0.2) is 21.6 Å². The third-order valence-electron chi connectivity index (χ3n) is 2.98. The van der Waals surface area contributed by atoms with Gasteiger partial charge in [0.15, 0.2) is 5.69 Å². The molecule has 1 N–H and O–H groups in total. The minimum Gasteiger partial charge on any atom is -0.396 e. The van der Waals surface area contributed by atoms with E-state index in [9.17, 15) is 20.2 Å². The predicted octanol–water partition coefficient (Wildman–Crippen LogP) is 3.45. The van der Waals surface area contributed by atoms with E-state index in [-0.39, 0.29) is 18.0 Å². The highest BCUT2D eigenvalue weighted by molar-refractivity contribution is 5.61. The smallest absolute Gasteiger partial charge is 0.303 e. The van der Waals surface area contributed by atoms with Gasteiger partial charge in [-0.1, -0.05) is 12.1 Å². The Hall–Kier alpha value is -3.20. The fraction of sp³-hybridized carbons (Fsp3) is 0.143. The maximum Gasteiger partial charge on any atom is 0.303 e. The van der Waals surface area contributed by atoms with E-state index in [1.807, 2.05) is 0 Å². The lowest BCUT2D eigenvalue weighted by Gasteiger charge is -1.99. The van der Waals surface area contributed by atoms with Crippen LogP contribution >= 0.6 is 0 Å². The normalized spacial score (nSPS) is 10.8. The highest BCUT2D eigenvalue weighted by Crippen LogP contribution is 2.32. The van der Waals surface area contributed by atoms with Gasteiger partial charge in [-0.2, -0.15) is 5.11 Å². The second-order valence-corrected chi connectivity index (χ2v) is 4.53. The van der Waals surface area contributed by atoms with Crippen LogP contribution in [0.25, 0.3) is 0 Å². The lowest BCUT2D eigenvalue weighted by molar-refractivity contribution is -0.393. The van der Waals surface area contributed by atoms with Gasteiger partial charge in [0, 0.05) is 12.7 Å². The first-order valence-electron chi connectivity index (χ1n) is 6.55. The van der Waals surface area contributed by atoms with Crippen LogP contribution in [0.1, 0.15) is 5.56 Å². The fourth-order valence-corrected chi connectivity index (χ4v) is 1.83. The summed E-state index contributed by atoms with van der Waals surface area (Å²) in [6, 6.07) is 9.99. The molecule has 2 rings (SSSR count). The summed E-state index contributed by atoms with van der Waals surface area (Å²) >= 11 is 0. The number of aliphatic hydroxyl groups excluding tert-OH is 1. The number of nitro groups is 2. The van der Waals surface area contributed by atoms with Crippen molar-refractivity contribution in [2.24, 2.45) is 10.2 Å². The Labute approximate surface area is 130 Å². The molecular weight excluding hydrogens is 304 g/mol. The zero-order chi connectivity index (χ0) is 16.8. The van der Waals surface area contributed by atoms with Gasteiger partial charge >= 0.3 is 5.69 Å². The summed E-state index contributed by atoms with van der Waals surface area (Å²) < 4.78 is 0. The largest absolute Gasteiger partial charge is 0.396 e. The van der Waals surface area contributed by atoms with Crippen LogP contribution < -0.4 is 0 Å². The molecule has 118 valence electrons. The average Bonchev–Trinajstić information content (AvgIpc) is 2.54. The number of hydrogen-bond acceptors (Lipinski definition) is 7. The summed E-state index contributed by atoms with van der Waals surface area (Å²) in [4.78, 5) is 20.2. The van der Waals surface area contributed by atoms with Crippen LogP contribution in [0.2, 0.25) is 0 Å². The van der Waals surface area contributed by atoms with Gasteiger partial charge in [-0.25, -0.2) is 0 Å². The molecule has 0 unspecified atom stereocenters. The maximum absolute atomic E-state index is 11.0. The molecule has 0 amide bonds. The number of nitro benzene ring substituents is 2. The zero-order valence-corrected chi connectivity index (χ0v) is 11.8. The Bertz CT molecular complexity index is 758. The first-order valence-corrected chi connectivity index (χ1v) is 6.55. The van der Waals surface area contributed by atoms with Crippen LogP contribution in [0, 0.1) is 20.2 Å². The highest BCUT2D eigenvalue weighted by atomic mass is 16.6. The fourth-order valence-electron chi connectivity index (χ4n) is 1.83. The molecule has 0 aliphatic rings. The van der Waals surface area contributed by atoms with Crippen LogP contribution in [0.4, 0.5) is 22.7 Å². The highest BCUT2D eigenvalue weighted by Gasteiger charge is 2.19. The van der Waals surface area contributed by atoms with Crippen molar-refractivity contribution >= 4 is 22.7 Å². The van der Waals surface area contributed by atoms with Gasteiger partial charge in [-0.05, 0) is 30.2 Å². The van der Waals surface area contributed by atoms with E-state index in [0.717, 1.165) is 17.7 Å². The minimum atomic E-state index is -0.744. The molecule has 23 heavy (non-hydrogen) atoms. The standard InChI is InChI=1S/C14H12N4O5/c19-8-7-10-1-3-11(4-2-10)15-16-13-6-5-12(17(20)21)9-14(13)18(22)23/h1-6,9,19H,7-8H2. The van der Waals surface area contributed by atoms with E-state index in [4.69, 9.17) is 5.11 Å². The number of nitrogens with zero attached hydrogens (tertiary/aromatic N) is 4. The molecule has 0 fully saturated rings. The van der Waals surface area contributed by atoms with Crippen molar-refractivity contribution in [3.8, 4) is 0 Å². The number of hydrogen-bond donors (Lipinski definition) is 1. The molecule has 9 heteroatoms. The Balaban J connectivity index is 2.27. The van der Waals surface area contributed by atoms with Crippen molar-refractivity contribution in [3.63, 3.8) is 0 Å². The molecule has 0 aliphatic heterocycles. The van der Waals surface area contributed by atoms with Crippen molar-refractivity contribution in [1.82, 2.24) is 0 Å². The lowest BCUT2D eigenvalue weighted by Crippen LogP contribution is -1.92. The van der Waals surface area contributed by atoms with Crippen LogP contribution in [0.15, 0.2) is 52.7 Å². The van der Waals surface area contributed by atoms with E-state index in [0.29, 0.717) is 12.1 Å². The minimum absolute atomic E-state index is 0.0376. The average molecular weight is 316 g/mol. The molecule has 0 radical (unpaired) electrons. The molecule has 9 nitrogen and oxygen atoms in total. The van der Waals surface area contributed by atoms with E-state index >= 15 is 0 Å². The topological polar surface area (TPSA) is 131 Å². The SMILES string of the molecule is O=[N+]([O-])c1ccc(N=Nc2ccc(CCO)cc2)c([N+](=O)[O-])c1. The van der Waals surface area contributed by atoms with Crippen molar-refractivity contribution < 1.29 is 15.0 Å². The van der Waals surface area contributed by atoms with Crippen molar-refractivity contribution in [3.05, 3.63) is 68.3 Å². The molecule has 0 aromatic heterocycles. The molecule has 0 spiro atoms. The van der Waals surface area contributed by atoms with Crippen molar-refractivity contribution in [1.29, 1.82) is 0 Å². The number of azo groups is 1. The summed E-state index contributed by atoms with van der Waals surface area (Å²) in [6.45, 7) is 0.0376. The van der Waals surface area contributed by atoms with Crippen LogP contribution in [-0.2, 0) is 6.42 Å². The first kappa shape index (κ1) is 16.2. The number of non-ortho nitro benzene ring substituents is 1. The van der Waals surface area contributed by atoms with Gasteiger partial charge in [0.1, 0.15) is 0 Å². The van der Waals surface area contributed by atoms with Gasteiger partial charge < -0.3 is 5.11 Å². The van der Waals surface area contributed by atoms with Crippen LogP contribution in [0.5, 0.6) is 0 Å². The lowest BCUT2D eigenvalue weighted by atomic mass is 10.1. The summed E-state index contributed by atoms with van der Waals surface area (Å²) in [5.74, 6) is 0. The van der Waals surface area contributed by atoms with Crippen molar-refractivity contribution in [2.45, 2.75) is 6.42 Å². The Morgan fingerprint density at radius 1 is 0.957 bits per heavy atom. The maximum atomic E-state index is 11.0. The van der Waals surface area contributed by atoms with E-state index in [1.165, 1.54) is 6.07 Å². The summed E-state index contributed by atoms with van der Waals surface area (Å²) in [5.41, 5.74) is 0.455. The summed E-state index contributed by atoms with van der Waals surface area (Å²) in [5, 5.41) is 38.1. The molecule has 0 saturated heterocycles. The number of rotatable bonds is 6. The third-order valence-corrected chi connectivity index (χ3v) is 2.98. The van der Waals surface area contributed by atoms with Crippen molar-refractivity contribution in [2.75, 3.05) is 6.61 Å². The number of benzene rings is 2. The van der Waals surface area contributed by atoms with Gasteiger partial charge in [-0.15, -0.1) is 5.11 Å². The number of aliphatic hydroxyl groups is 1. The van der Waals surface area contributed by atoms with Gasteiger partial charge in [0.2, 0.25) is 0 Å². The monoisotopic (exact) mass is 316 g/mol. The van der Waals surface area contributed by atoms with Gasteiger partial charge in [-0.3, -0.25) is 20.2 Å². The molecule has 2 aromatic carbocycles. The van der Waals surface area contributed by atoms with E-state index < -0.39 is 15.5 Å². The Morgan fingerprint density at radius 3 is 2.22 bits per heavy atom. The molecule has 0 bridgehead atoms.